The van der Waals surface area contributed by atoms with E-state index in [2.05, 4.69) is 15.8 Å². The van der Waals surface area contributed by atoms with Crippen LogP contribution in [-0.4, -0.2) is 64.4 Å². The number of hydrogen-bond donors (Lipinski definition) is 2. The van der Waals surface area contributed by atoms with Gasteiger partial charge in [0, 0.05) is 31.3 Å². The lowest BCUT2D eigenvalue weighted by molar-refractivity contribution is -0.132. The Hall–Kier alpha value is -2.88. The molecule has 0 aliphatic rings. The van der Waals surface area contributed by atoms with Crippen LogP contribution < -0.4 is 10.9 Å². The van der Waals surface area contributed by atoms with E-state index in [0.717, 1.165) is 23.2 Å². The predicted octanol–water partition coefficient (Wildman–Crippen LogP) is 2.51. The van der Waals surface area contributed by atoms with Gasteiger partial charge in [0.15, 0.2) is 0 Å². The topological polar surface area (TPSA) is 67.9 Å². The van der Waals surface area contributed by atoms with E-state index in [4.69, 9.17) is 24.4 Å². The zero-order valence-corrected chi connectivity index (χ0v) is 20.4. The van der Waals surface area contributed by atoms with Crippen LogP contribution in [0.25, 0.3) is 0 Å². The van der Waals surface area contributed by atoms with Gasteiger partial charge < -0.3 is 4.90 Å². The predicted molar refractivity (Wildman–Crippen MR) is 135 cm³/mol. The summed E-state index contributed by atoms with van der Waals surface area (Å²) < 4.78 is 0. The molecule has 0 aliphatic heterocycles. The summed E-state index contributed by atoms with van der Waals surface area (Å²) >= 11 is 10.9. The van der Waals surface area contributed by atoms with Crippen LogP contribution in [-0.2, 0) is 16.1 Å². The molecule has 2 amide bonds. The quantitative estimate of drug-likeness (QED) is 0.365. The number of nitrogens with zero attached hydrogens (tertiary/aromatic N) is 3. The molecule has 0 fully saturated rings. The van der Waals surface area contributed by atoms with Crippen LogP contribution in [0.2, 0.25) is 0 Å². The lowest BCUT2D eigenvalue weighted by Gasteiger charge is -2.25. The number of hydrazine groups is 2. The van der Waals surface area contributed by atoms with E-state index >= 15 is 0 Å². The molecule has 0 atom stereocenters. The first-order valence-electron chi connectivity index (χ1n) is 10.2. The Morgan fingerprint density at radius 2 is 1.47 bits per heavy atom. The first-order valence-corrected chi connectivity index (χ1v) is 11.0. The Bertz CT molecular complexity index is 966. The number of nitrogens with one attached hydrogen (secondary N) is 2. The monoisotopic (exact) mass is 471 g/mol. The van der Waals surface area contributed by atoms with Gasteiger partial charge >= 0.3 is 0 Å². The fraction of sp³-hybridized carbons (Fsp3) is 0.304. The van der Waals surface area contributed by atoms with E-state index in [0.29, 0.717) is 16.5 Å². The van der Waals surface area contributed by atoms with E-state index in [-0.39, 0.29) is 6.42 Å². The molecule has 0 unspecified atom stereocenters. The maximum atomic E-state index is 12.5. The number of amides is 2. The zero-order valence-electron chi connectivity index (χ0n) is 18.8. The standard InChI is InChI=1S/C23H29N5O2S2/c1-5-28(23(32)19-13-9-10-17(14-19)16-26(2)3)25-21(30)15-20(29)24-27(4)22(31)18-11-7-6-8-12-18/h6-14H,5,15-16H2,1-4H3,(H,24,29)(H,25,30). The van der Waals surface area contributed by atoms with Gasteiger partial charge in [-0.3, -0.25) is 30.5 Å². The second-order valence-corrected chi connectivity index (χ2v) is 8.24. The maximum Gasteiger partial charge on any atom is 0.248 e. The highest BCUT2D eigenvalue weighted by atomic mass is 32.1. The summed E-state index contributed by atoms with van der Waals surface area (Å²) in [6.45, 7) is 3.12. The molecule has 32 heavy (non-hydrogen) atoms. The summed E-state index contributed by atoms with van der Waals surface area (Å²) in [5.74, 6) is -0.937. The van der Waals surface area contributed by atoms with Gasteiger partial charge in [-0.05, 0) is 32.6 Å². The minimum Gasteiger partial charge on any atom is -0.305 e. The highest BCUT2D eigenvalue weighted by molar-refractivity contribution is 7.80. The largest absolute Gasteiger partial charge is 0.305 e. The molecule has 7 nitrogen and oxygen atoms in total. The van der Waals surface area contributed by atoms with Crippen LogP contribution in [0, 0.1) is 0 Å². The molecular weight excluding hydrogens is 442 g/mol. The highest BCUT2D eigenvalue weighted by Crippen LogP contribution is 2.10. The number of thiocarbonyl (C=S) groups is 2. The van der Waals surface area contributed by atoms with Gasteiger partial charge in [-0.15, -0.1) is 0 Å². The average Bonchev–Trinajstić information content (AvgIpc) is 2.76. The van der Waals surface area contributed by atoms with Crippen molar-refractivity contribution in [1.82, 2.24) is 25.8 Å². The van der Waals surface area contributed by atoms with Crippen LogP contribution in [0.1, 0.15) is 30.0 Å². The minimum absolute atomic E-state index is 0.360. The molecule has 2 N–H and O–H groups in total. The molecule has 0 saturated heterocycles. The molecule has 9 heteroatoms. The van der Waals surface area contributed by atoms with Crippen molar-refractivity contribution in [1.29, 1.82) is 0 Å². The molecule has 0 saturated carbocycles. The summed E-state index contributed by atoms with van der Waals surface area (Å²) in [5, 5.41) is 3.00. The third-order valence-corrected chi connectivity index (χ3v) is 5.40. The van der Waals surface area contributed by atoms with Crippen molar-refractivity contribution in [2.75, 3.05) is 27.7 Å². The Balaban J connectivity index is 1.93. The third-order valence-electron chi connectivity index (χ3n) is 4.43. The van der Waals surface area contributed by atoms with E-state index in [1.54, 1.807) is 12.1 Å². The number of hydrogen-bond acceptors (Lipinski definition) is 5. The molecule has 2 aromatic rings. The smallest absolute Gasteiger partial charge is 0.248 e. The van der Waals surface area contributed by atoms with Gasteiger partial charge in [0.1, 0.15) is 16.4 Å². The molecule has 0 bridgehead atoms. The van der Waals surface area contributed by atoms with Crippen molar-refractivity contribution < 1.29 is 9.59 Å². The Kier molecular flexibility index (Phi) is 9.70. The van der Waals surface area contributed by atoms with Crippen LogP contribution in [0.3, 0.4) is 0 Å². The highest BCUT2D eigenvalue weighted by Gasteiger charge is 2.18. The van der Waals surface area contributed by atoms with Gasteiger partial charge in [-0.25, -0.2) is 0 Å². The summed E-state index contributed by atoms with van der Waals surface area (Å²) in [7, 11) is 5.64. The van der Waals surface area contributed by atoms with Gasteiger partial charge in [0.05, 0.1) is 0 Å². The maximum absolute atomic E-state index is 12.5. The molecule has 0 heterocycles. The second kappa shape index (κ2) is 12.2. The number of rotatable bonds is 7. The normalized spacial score (nSPS) is 10.4. The number of benzene rings is 2. The van der Waals surface area contributed by atoms with Crippen molar-refractivity contribution >= 4 is 46.2 Å². The van der Waals surface area contributed by atoms with Crippen LogP contribution in [0.4, 0.5) is 0 Å². The molecule has 0 spiro atoms. The van der Waals surface area contributed by atoms with Crippen molar-refractivity contribution in [2.24, 2.45) is 0 Å². The fourth-order valence-corrected chi connectivity index (χ4v) is 3.47. The van der Waals surface area contributed by atoms with E-state index in [9.17, 15) is 9.59 Å². The Labute approximate surface area is 200 Å². The molecule has 2 aromatic carbocycles. The molecule has 170 valence electrons. The van der Waals surface area contributed by atoms with Gasteiger partial charge in [0.2, 0.25) is 11.8 Å². The van der Waals surface area contributed by atoms with Crippen LogP contribution >= 0.6 is 24.4 Å². The van der Waals surface area contributed by atoms with Crippen molar-refractivity contribution in [3.8, 4) is 0 Å². The van der Waals surface area contributed by atoms with Crippen molar-refractivity contribution in [3.63, 3.8) is 0 Å². The molecular formula is C23H29N5O2S2. The van der Waals surface area contributed by atoms with Gasteiger partial charge in [0.25, 0.3) is 0 Å². The van der Waals surface area contributed by atoms with E-state index < -0.39 is 11.8 Å². The Morgan fingerprint density at radius 1 is 0.844 bits per heavy atom. The molecule has 2 rings (SSSR count). The molecule has 0 aromatic heterocycles. The van der Waals surface area contributed by atoms with Crippen LogP contribution in [0.5, 0.6) is 0 Å². The molecule has 0 aliphatic carbocycles. The zero-order chi connectivity index (χ0) is 23.7. The third kappa shape index (κ3) is 7.67. The average molecular weight is 472 g/mol. The molecule has 0 radical (unpaired) electrons. The fourth-order valence-electron chi connectivity index (χ4n) is 2.98. The van der Waals surface area contributed by atoms with E-state index in [1.807, 2.05) is 75.6 Å². The summed E-state index contributed by atoms with van der Waals surface area (Å²) in [4.78, 5) is 27.8. The van der Waals surface area contributed by atoms with Crippen LogP contribution in [0.15, 0.2) is 54.6 Å². The SMILES string of the molecule is CCN(NC(=O)CC(=O)NN(C)C(=S)c1ccccc1)C(=S)c1cccc(CN(C)C)c1. The first-order chi connectivity index (χ1) is 15.2. The number of carbonyl (C=O) groups is 2. The second-order valence-electron chi connectivity index (χ2n) is 7.46. The van der Waals surface area contributed by atoms with Gasteiger partial charge in [-0.2, -0.15) is 0 Å². The summed E-state index contributed by atoms with van der Waals surface area (Å²) in [6.07, 6.45) is -0.360. The lowest BCUT2D eigenvalue weighted by Crippen LogP contribution is -2.48. The van der Waals surface area contributed by atoms with Crippen molar-refractivity contribution in [2.45, 2.75) is 19.9 Å². The lowest BCUT2D eigenvalue weighted by atomic mass is 10.1. The summed E-state index contributed by atoms with van der Waals surface area (Å²) in [6, 6.07) is 17.2. The van der Waals surface area contributed by atoms with Gasteiger partial charge in [-0.1, -0.05) is 73.0 Å². The first kappa shape index (κ1) is 25.4. The van der Waals surface area contributed by atoms with E-state index in [1.165, 1.54) is 5.01 Å². The minimum atomic E-state index is -0.474. The van der Waals surface area contributed by atoms with Crippen molar-refractivity contribution in [3.05, 3.63) is 71.3 Å². The number of carbonyl (C=O) groups excluding carboxylic acids is 2. The Morgan fingerprint density at radius 3 is 2.09 bits per heavy atom. The summed E-state index contributed by atoms with van der Waals surface area (Å²) in [5.41, 5.74) is 8.10.